The average molecular weight is 329 g/mol. The van der Waals surface area contributed by atoms with E-state index in [1.807, 2.05) is 13.0 Å². The third-order valence-electron chi connectivity index (χ3n) is 3.48. The first kappa shape index (κ1) is 16.9. The number of phenolic OH excluding ortho intramolecular Hbond substituents is 1. The Bertz CT molecular complexity index is 753. The van der Waals surface area contributed by atoms with Gasteiger partial charge in [0.2, 0.25) is 0 Å². The molecule has 0 atom stereocenters. The van der Waals surface area contributed by atoms with E-state index in [-0.39, 0.29) is 17.2 Å². The van der Waals surface area contributed by atoms with Crippen LogP contribution in [0.2, 0.25) is 5.02 Å². The highest BCUT2D eigenvalue weighted by Gasteiger charge is 2.22. The number of rotatable bonds is 5. The van der Waals surface area contributed by atoms with Gasteiger partial charge in [0.25, 0.3) is 5.91 Å². The van der Waals surface area contributed by atoms with E-state index in [9.17, 15) is 9.90 Å². The van der Waals surface area contributed by atoms with Gasteiger partial charge in [-0.05, 0) is 36.8 Å². The van der Waals surface area contributed by atoms with Crippen molar-refractivity contribution >= 4 is 23.2 Å². The van der Waals surface area contributed by atoms with Crippen LogP contribution in [-0.4, -0.2) is 17.6 Å². The number of benzene rings is 2. The van der Waals surface area contributed by atoms with Crippen LogP contribution in [0, 0.1) is 11.3 Å². The zero-order valence-corrected chi connectivity index (χ0v) is 13.5. The zero-order chi connectivity index (χ0) is 16.8. The molecule has 2 aromatic carbocycles. The summed E-state index contributed by atoms with van der Waals surface area (Å²) in [7, 11) is 0. The van der Waals surface area contributed by atoms with E-state index in [4.69, 9.17) is 16.9 Å². The molecule has 0 bridgehead atoms. The Kier molecular flexibility index (Phi) is 5.61. The molecule has 0 saturated heterocycles. The molecule has 4 nitrogen and oxygen atoms in total. The minimum Gasteiger partial charge on any atom is -0.507 e. The van der Waals surface area contributed by atoms with E-state index in [0.717, 1.165) is 12.8 Å². The van der Waals surface area contributed by atoms with Crippen molar-refractivity contribution in [1.82, 2.24) is 0 Å². The van der Waals surface area contributed by atoms with E-state index in [2.05, 4.69) is 0 Å². The molecule has 0 heterocycles. The lowest BCUT2D eigenvalue weighted by atomic mass is 10.1. The Balaban J connectivity index is 2.43. The first-order chi connectivity index (χ1) is 11.1. The van der Waals surface area contributed by atoms with Crippen LogP contribution in [0.4, 0.5) is 5.69 Å². The summed E-state index contributed by atoms with van der Waals surface area (Å²) in [4.78, 5) is 14.4. The molecule has 0 aromatic heterocycles. The predicted molar refractivity (Wildman–Crippen MR) is 90.9 cm³/mol. The van der Waals surface area contributed by atoms with E-state index < -0.39 is 0 Å². The second-order valence-corrected chi connectivity index (χ2v) is 5.51. The first-order valence-electron chi connectivity index (χ1n) is 7.38. The molecule has 2 rings (SSSR count). The molecule has 0 aliphatic rings. The number of hydrogen-bond donors (Lipinski definition) is 1. The number of anilines is 1. The van der Waals surface area contributed by atoms with Crippen molar-refractivity contribution in [3.8, 4) is 11.8 Å². The number of phenols is 1. The van der Waals surface area contributed by atoms with Gasteiger partial charge in [0.15, 0.2) is 0 Å². The van der Waals surface area contributed by atoms with Gasteiger partial charge in [0, 0.05) is 6.54 Å². The van der Waals surface area contributed by atoms with Crippen LogP contribution in [0.3, 0.4) is 0 Å². The van der Waals surface area contributed by atoms with Crippen LogP contribution in [-0.2, 0) is 0 Å². The number of nitriles is 1. The maximum Gasteiger partial charge on any atom is 0.262 e. The fourth-order valence-corrected chi connectivity index (χ4v) is 2.53. The van der Waals surface area contributed by atoms with Crippen LogP contribution >= 0.6 is 11.6 Å². The fourth-order valence-electron chi connectivity index (χ4n) is 2.24. The lowest BCUT2D eigenvalue weighted by Gasteiger charge is -2.24. The largest absolute Gasteiger partial charge is 0.507 e. The van der Waals surface area contributed by atoms with Gasteiger partial charge < -0.3 is 10.0 Å². The van der Waals surface area contributed by atoms with Gasteiger partial charge >= 0.3 is 0 Å². The average Bonchev–Trinajstić information content (AvgIpc) is 2.56. The van der Waals surface area contributed by atoms with Gasteiger partial charge in [0.05, 0.1) is 27.9 Å². The number of carbonyl (C=O) groups is 1. The number of aromatic hydroxyl groups is 1. The summed E-state index contributed by atoms with van der Waals surface area (Å²) in [5.41, 5.74) is 1.19. The molecule has 0 aliphatic heterocycles. The lowest BCUT2D eigenvalue weighted by molar-refractivity contribution is 0.0984. The first-order valence-corrected chi connectivity index (χ1v) is 7.75. The maximum absolute atomic E-state index is 12.8. The Hall–Kier alpha value is -2.51. The molecule has 23 heavy (non-hydrogen) atoms. The Labute approximate surface area is 140 Å². The van der Waals surface area contributed by atoms with Gasteiger partial charge in [-0.3, -0.25) is 4.79 Å². The number of halogens is 1. The number of nitrogens with zero attached hydrogens (tertiary/aromatic N) is 2. The smallest absolute Gasteiger partial charge is 0.262 e. The Morgan fingerprint density at radius 1 is 1.30 bits per heavy atom. The molecule has 118 valence electrons. The highest BCUT2D eigenvalue weighted by atomic mass is 35.5. The second kappa shape index (κ2) is 7.66. The second-order valence-electron chi connectivity index (χ2n) is 5.11. The van der Waals surface area contributed by atoms with Crippen LogP contribution in [0.5, 0.6) is 5.75 Å². The molecule has 5 heteroatoms. The topological polar surface area (TPSA) is 64.3 Å². The minimum atomic E-state index is -0.317. The van der Waals surface area contributed by atoms with Gasteiger partial charge in [0.1, 0.15) is 5.75 Å². The maximum atomic E-state index is 12.8. The number of carbonyl (C=O) groups excluding carboxylic acids is 1. The highest BCUT2D eigenvalue weighted by Crippen LogP contribution is 2.30. The van der Waals surface area contributed by atoms with E-state index in [1.54, 1.807) is 35.2 Å². The zero-order valence-electron chi connectivity index (χ0n) is 12.8. The lowest BCUT2D eigenvalue weighted by Crippen LogP contribution is -2.32. The summed E-state index contributed by atoms with van der Waals surface area (Å²) in [5.74, 6) is -0.382. The van der Waals surface area contributed by atoms with Crippen molar-refractivity contribution in [1.29, 1.82) is 5.26 Å². The quantitative estimate of drug-likeness (QED) is 0.886. The van der Waals surface area contributed by atoms with Crippen molar-refractivity contribution in [3.63, 3.8) is 0 Å². The molecule has 0 unspecified atom stereocenters. The van der Waals surface area contributed by atoms with Crippen LogP contribution in [0.1, 0.15) is 35.7 Å². The normalized spacial score (nSPS) is 10.1. The predicted octanol–water partition coefficient (Wildman–Crippen LogP) is 4.36. The third kappa shape index (κ3) is 3.82. The number of hydrogen-bond acceptors (Lipinski definition) is 3. The summed E-state index contributed by atoms with van der Waals surface area (Å²) in [5, 5.41) is 19.2. The molecule has 1 N–H and O–H groups in total. The summed E-state index contributed by atoms with van der Waals surface area (Å²) in [6, 6.07) is 13.3. The van der Waals surface area contributed by atoms with Crippen LogP contribution in [0.15, 0.2) is 42.5 Å². The molecule has 1 amide bonds. The van der Waals surface area contributed by atoms with Gasteiger partial charge in [-0.25, -0.2) is 0 Å². The molecule has 0 fully saturated rings. The van der Waals surface area contributed by atoms with E-state index >= 15 is 0 Å². The van der Waals surface area contributed by atoms with Crippen molar-refractivity contribution < 1.29 is 9.90 Å². The van der Waals surface area contributed by atoms with Crippen molar-refractivity contribution in [2.45, 2.75) is 19.8 Å². The molecular formula is C18H17ClN2O2. The minimum absolute atomic E-state index is 0.0660. The molecule has 0 saturated carbocycles. The molecular weight excluding hydrogens is 312 g/mol. The Morgan fingerprint density at radius 2 is 2.04 bits per heavy atom. The monoisotopic (exact) mass is 328 g/mol. The van der Waals surface area contributed by atoms with E-state index in [1.165, 1.54) is 12.1 Å². The Morgan fingerprint density at radius 3 is 2.65 bits per heavy atom. The van der Waals surface area contributed by atoms with Crippen molar-refractivity contribution in [2.75, 3.05) is 11.4 Å². The van der Waals surface area contributed by atoms with Crippen molar-refractivity contribution in [2.24, 2.45) is 0 Å². The summed E-state index contributed by atoms with van der Waals surface area (Å²) >= 11 is 6.25. The molecule has 2 aromatic rings. The molecule has 0 radical (unpaired) electrons. The number of amides is 1. The molecule has 0 spiro atoms. The number of para-hydroxylation sites is 1. The molecule has 0 aliphatic carbocycles. The van der Waals surface area contributed by atoms with Crippen molar-refractivity contribution in [3.05, 3.63) is 58.6 Å². The fraction of sp³-hybridized carbons (Fsp3) is 0.222. The standard InChI is InChI=1S/C18H17ClN2O2/c1-2-3-10-21(16-9-8-13(12-20)11-15(16)19)18(23)14-6-4-5-7-17(14)22/h4-9,11,22H,2-3,10H2,1H3. The van der Waals surface area contributed by atoms with Gasteiger partial charge in [-0.2, -0.15) is 5.26 Å². The summed E-state index contributed by atoms with van der Waals surface area (Å²) in [6.45, 7) is 2.51. The number of unbranched alkanes of at least 4 members (excludes halogenated alkanes) is 1. The van der Waals surface area contributed by atoms with Crippen LogP contribution < -0.4 is 4.90 Å². The third-order valence-corrected chi connectivity index (χ3v) is 3.79. The van der Waals surface area contributed by atoms with Gasteiger partial charge in [-0.1, -0.05) is 37.1 Å². The SMILES string of the molecule is CCCCN(C(=O)c1ccccc1O)c1ccc(C#N)cc1Cl. The van der Waals surface area contributed by atoms with Gasteiger partial charge in [-0.15, -0.1) is 0 Å². The summed E-state index contributed by atoms with van der Waals surface area (Å²) in [6.07, 6.45) is 1.72. The van der Waals surface area contributed by atoms with Crippen LogP contribution in [0.25, 0.3) is 0 Å². The van der Waals surface area contributed by atoms with E-state index in [0.29, 0.717) is 22.8 Å². The summed E-state index contributed by atoms with van der Waals surface area (Å²) < 4.78 is 0. The highest BCUT2D eigenvalue weighted by molar-refractivity contribution is 6.34.